The number of nitrogens with zero attached hydrogens (tertiary/aromatic N) is 5. The van der Waals surface area contributed by atoms with Gasteiger partial charge >= 0.3 is 0 Å². The molecule has 0 bridgehead atoms. The summed E-state index contributed by atoms with van der Waals surface area (Å²) < 4.78 is 4.59. The van der Waals surface area contributed by atoms with E-state index >= 15 is 0 Å². The monoisotopic (exact) mass is 511 g/mol. The minimum absolute atomic E-state index is 0.879. The predicted molar refractivity (Wildman–Crippen MR) is 163 cm³/mol. The average molecular weight is 512 g/mol. The maximum absolute atomic E-state index is 5.13. The van der Waals surface area contributed by atoms with Gasteiger partial charge in [0.25, 0.3) is 0 Å². The molecule has 0 N–H and O–H groups in total. The average Bonchev–Trinajstić information content (AvgIpc) is 3.57. The summed E-state index contributed by atoms with van der Waals surface area (Å²) in [5.41, 5.74) is 8.38. The molecule has 9 rings (SSSR count). The smallest absolute Gasteiger partial charge is 0.146 e. The fourth-order valence-corrected chi connectivity index (χ4v) is 6.24. The van der Waals surface area contributed by atoms with E-state index in [1.807, 2.05) is 24.4 Å². The van der Waals surface area contributed by atoms with Crippen LogP contribution in [0.2, 0.25) is 0 Å². The molecule has 5 heterocycles. The molecule has 9 aromatic rings. The van der Waals surface area contributed by atoms with Crippen molar-refractivity contribution in [3.05, 3.63) is 128 Å². The van der Waals surface area contributed by atoms with Gasteiger partial charge in [-0.3, -0.25) is 14.0 Å². The van der Waals surface area contributed by atoms with E-state index in [9.17, 15) is 0 Å². The zero-order valence-electron chi connectivity index (χ0n) is 21.4. The number of hydrogen-bond donors (Lipinski definition) is 0. The van der Waals surface area contributed by atoms with Gasteiger partial charge in [-0.1, -0.05) is 54.6 Å². The van der Waals surface area contributed by atoms with E-state index in [2.05, 4.69) is 111 Å². The summed E-state index contributed by atoms with van der Waals surface area (Å²) in [6, 6.07) is 40.4. The Morgan fingerprint density at radius 1 is 0.500 bits per heavy atom. The molecule has 5 nitrogen and oxygen atoms in total. The van der Waals surface area contributed by atoms with Crippen molar-refractivity contribution in [1.82, 2.24) is 23.9 Å². The normalized spacial score (nSPS) is 12.0. The molecule has 0 atom stereocenters. The number of pyridine rings is 3. The van der Waals surface area contributed by atoms with Gasteiger partial charge in [0.05, 0.1) is 33.3 Å². The van der Waals surface area contributed by atoms with E-state index in [0.717, 1.165) is 55.7 Å². The highest BCUT2D eigenvalue weighted by atomic mass is 15.1. The Balaban J connectivity index is 1.45. The largest absolute Gasteiger partial charge is 0.294 e. The quantitative estimate of drug-likeness (QED) is 0.219. The first kappa shape index (κ1) is 21.4. The van der Waals surface area contributed by atoms with Crippen LogP contribution in [0.4, 0.5) is 0 Å². The van der Waals surface area contributed by atoms with Crippen LogP contribution in [0.25, 0.3) is 77.2 Å². The molecule has 0 saturated carbocycles. The molecule has 0 fully saturated rings. The Hall–Kier alpha value is -5.55. The highest BCUT2D eigenvalue weighted by Crippen LogP contribution is 2.39. The number of imidazole rings is 1. The number of fused-ring (bicyclic) bond motifs is 11. The van der Waals surface area contributed by atoms with Crippen LogP contribution in [0.3, 0.4) is 0 Å². The second-order valence-corrected chi connectivity index (χ2v) is 10.2. The van der Waals surface area contributed by atoms with Gasteiger partial charge in [0, 0.05) is 39.5 Å². The van der Waals surface area contributed by atoms with Gasteiger partial charge in [-0.25, -0.2) is 9.97 Å². The topological polar surface area (TPSA) is 48.0 Å². The first-order chi connectivity index (χ1) is 19.8. The Morgan fingerprint density at radius 3 is 2.12 bits per heavy atom. The molecule has 5 heteroatoms. The van der Waals surface area contributed by atoms with Gasteiger partial charge in [-0.05, 0) is 66.0 Å². The number of hydrogen-bond acceptors (Lipinski definition) is 3. The summed E-state index contributed by atoms with van der Waals surface area (Å²) in [6.07, 6.45) is 3.65. The molecular weight excluding hydrogens is 490 g/mol. The molecule has 0 aliphatic carbocycles. The van der Waals surface area contributed by atoms with Crippen LogP contribution in [0.5, 0.6) is 0 Å². The molecule has 0 saturated heterocycles. The Morgan fingerprint density at radius 2 is 1.27 bits per heavy atom. The van der Waals surface area contributed by atoms with Crippen molar-refractivity contribution in [1.29, 1.82) is 0 Å². The summed E-state index contributed by atoms with van der Waals surface area (Å²) in [5.74, 6) is 0.879. The molecule has 0 unspecified atom stereocenters. The van der Waals surface area contributed by atoms with Crippen LogP contribution in [0.15, 0.2) is 128 Å². The lowest BCUT2D eigenvalue weighted by molar-refractivity contribution is 1.08. The van der Waals surface area contributed by atoms with Gasteiger partial charge < -0.3 is 0 Å². The minimum Gasteiger partial charge on any atom is -0.294 e. The molecule has 0 amide bonds. The van der Waals surface area contributed by atoms with Gasteiger partial charge in [0.1, 0.15) is 11.5 Å². The molecule has 5 aromatic heterocycles. The maximum atomic E-state index is 5.13. The van der Waals surface area contributed by atoms with E-state index < -0.39 is 0 Å². The Kier molecular flexibility index (Phi) is 4.27. The van der Waals surface area contributed by atoms with E-state index in [0.29, 0.717) is 0 Å². The lowest BCUT2D eigenvalue weighted by Crippen LogP contribution is -1.99. The fourth-order valence-electron chi connectivity index (χ4n) is 6.24. The van der Waals surface area contributed by atoms with Crippen molar-refractivity contribution in [3.63, 3.8) is 0 Å². The van der Waals surface area contributed by atoms with Crippen molar-refractivity contribution < 1.29 is 0 Å². The number of para-hydroxylation sites is 4. The molecular formula is C35H21N5. The van der Waals surface area contributed by atoms with E-state index in [4.69, 9.17) is 9.97 Å². The third-order valence-electron chi connectivity index (χ3n) is 7.97. The maximum Gasteiger partial charge on any atom is 0.146 e. The third-order valence-corrected chi connectivity index (χ3v) is 7.97. The van der Waals surface area contributed by atoms with Crippen molar-refractivity contribution in [3.8, 4) is 17.1 Å². The van der Waals surface area contributed by atoms with Crippen molar-refractivity contribution in [2.75, 3.05) is 0 Å². The number of rotatable bonds is 2. The van der Waals surface area contributed by atoms with E-state index in [1.165, 1.54) is 21.5 Å². The van der Waals surface area contributed by atoms with Gasteiger partial charge in [-0.15, -0.1) is 0 Å². The molecule has 0 radical (unpaired) electrons. The summed E-state index contributed by atoms with van der Waals surface area (Å²) in [5, 5.41) is 5.89. The predicted octanol–water partition coefficient (Wildman–Crippen LogP) is 8.35. The van der Waals surface area contributed by atoms with Crippen molar-refractivity contribution in [2.24, 2.45) is 0 Å². The van der Waals surface area contributed by atoms with Crippen molar-refractivity contribution >= 4 is 60.2 Å². The van der Waals surface area contributed by atoms with Crippen LogP contribution in [-0.4, -0.2) is 23.9 Å². The zero-order chi connectivity index (χ0) is 26.2. The minimum atomic E-state index is 0.879. The molecule has 40 heavy (non-hydrogen) atoms. The summed E-state index contributed by atoms with van der Waals surface area (Å²) in [7, 11) is 0. The van der Waals surface area contributed by atoms with Gasteiger partial charge in [0.2, 0.25) is 0 Å². The molecule has 186 valence electrons. The second-order valence-electron chi connectivity index (χ2n) is 10.2. The molecule has 0 spiro atoms. The standard InChI is InChI=1S/C35H21N5/c1-5-15-31-23(10-1)25-20-33-26(19-27(25)35-38-29-12-3-6-16-32(29)40(31)35)24-11-2-4-14-30(24)39(33)34-17-7-13-28(37-34)22-9-8-18-36-21-22/h1-21H. The number of aromatic nitrogens is 5. The summed E-state index contributed by atoms with van der Waals surface area (Å²) in [6.45, 7) is 0. The van der Waals surface area contributed by atoms with Crippen LogP contribution in [-0.2, 0) is 0 Å². The van der Waals surface area contributed by atoms with Gasteiger partial charge in [0.15, 0.2) is 0 Å². The first-order valence-corrected chi connectivity index (χ1v) is 13.4. The Labute approximate surface area is 228 Å². The number of benzene rings is 4. The molecule has 0 aliphatic heterocycles. The molecule has 0 aliphatic rings. The fraction of sp³-hybridized carbons (Fsp3) is 0. The zero-order valence-corrected chi connectivity index (χ0v) is 21.4. The SMILES string of the molecule is c1cncc(-c2cccc(-n3c4ccccc4c4cc5c(cc43)c3ccccc3n3c4ccccc4nc53)n2)c1. The second kappa shape index (κ2) is 7.98. The molecule has 4 aromatic carbocycles. The highest BCUT2D eigenvalue weighted by Gasteiger charge is 2.19. The highest BCUT2D eigenvalue weighted by molar-refractivity contribution is 6.21. The third kappa shape index (κ3) is 2.89. The van der Waals surface area contributed by atoms with E-state index in [-0.39, 0.29) is 0 Å². The van der Waals surface area contributed by atoms with Gasteiger partial charge in [-0.2, -0.15) is 0 Å². The first-order valence-electron chi connectivity index (χ1n) is 13.4. The Bertz CT molecular complexity index is 2430. The summed E-state index contributed by atoms with van der Waals surface area (Å²) in [4.78, 5) is 14.5. The lowest BCUT2D eigenvalue weighted by Gasteiger charge is -2.12. The summed E-state index contributed by atoms with van der Waals surface area (Å²) >= 11 is 0. The van der Waals surface area contributed by atoms with Crippen LogP contribution in [0, 0.1) is 0 Å². The van der Waals surface area contributed by atoms with E-state index in [1.54, 1.807) is 6.20 Å². The van der Waals surface area contributed by atoms with Crippen molar-refractivity contribution in [2.45, 2.75) is 0 Å². The van der Waals surface area contributed by atoms with Crippen LogP contribution < -0.4 is 0 Å². The lowest BCUT2D eigenvalue weighted by atomic mass is 10.0. The van der Waals surface area contributed by atoms with Crippen LogP contribution in [0.1, 0.15) is 0 Å². The van der Waals surface area contributed by atoms with Crippen LogP contribution >= 0.6 is 0 Å².